The quantitative estimate of drug-likeness (QED) is 0.824. The maximum Gasteiger partial charge on any atom is 0.255 e. The van der Waals surface area contributed by atoms with Crippen LogP contribution in [0.1, 0.15) is 15.9 Å². The van der Waals surface area contributed by atoms with Gasteiger partial charge in [0.2, 0.25) is 0 Å². The minimum absolute atomic E-state index is 0.239. The van der Waals surface area contributed by atoms with E-state index in [9.17, 15) is 9.18 Å². The van der Waals surface area contributed by atoms with Crippen molar-refractivity contribution in [3.05, 3.63) is 58.4 Å². The Morgan fingerprint density at radius 2 is 2.00 bits per heavy atom. The Kier molecular flexibility index (Phi) is 3.71. The molecule has 0 fully saturated rings. The van der Waals surface area contributed by atoms with E-state index < -0.39 is 5.82 Å². The molecule has 5 heteroatoms. The lowest BCUT2D eigenvalue weighted by Gasteiger charge is -2.09. The smallest absolute Gasteiger partial charge is 0.255 e. The van der Waals surface area contributed by atoms with Crippen LogP contribution < -0.4 is 11.1 Å². The number of benzene rings is 2. The Balaban J connectivity index is 2.28. The predicted molar refractivity (Wildman–Crippen MR) is 75.0 cm³/mol. The van der Waals surface area contributed by atoms with Gasteiger partial charge in [0.15, 0.2) is 0 Å². The van der Waals surface area contributed by atoms with Crippen LogP contribution in [0.2, 0.25) is 5.02 Å². The van der Waals surface area contributed by atoms with Gasteiger partial charge in [0.1, 0.15) is 5.82 Å². The Bertz CT molecular complexity index is 623. The number of halogens is 2. The zero-order chi connectivity index (χ0) is 14.0. The van der Waals surface area contributed by atoms with Crippen LogP contribution in [0.15, 0.2) is 36.4 Å². The molecule has 1 amide bonds. The maximum absolute atomic E-state index is 13.1. The minimum Gasteiger partial charge on any atom is -0.397 e. The Labute approximate surface area is 115 Å². The van der Waals surface area contributed by atoms with Crippen molar-refractivity contribution in [1.82, 2.24) is 0 Å². The number of amides is 1. The molecule has 0 saturated carbocycles. The van der Waals surface area contributed by atoms with Crippen molar-refractivity contribution >= 4 is 28.9 Å². The summed E-state index contributed by atoms with van der Waals surface area (Å²) in [6.07, 6.45) is 0. The highest BCUT2D eigenvalue weighted by atomic mass is 35.5. The number of carbonyl (C=O) groups is 1. The van der Waals surface area contributed by atoms with Crippen molar-refractivity contribution in [2.45, 2.75) is 6.92 Å². The number of aryl methyl sites for hydroxylation is 1. The van der Waals surface area contributed by atoms with Crippen molar-refractivity contribution in [1.29, 1.82) is 0 Å². The van der Waals surface area contributed by atoms with Crippen LogP contribution in [0.3, 0.4) is 0 Å². The summed E-state index contributed by atoms with van der Waals surface area (Å²) in [5.74, 6) is -0.852. The first-order chi connectivity index (χ1) is 8.95. The van der Waals surface area contributed by atoms with Gasteiger partial charge in [-0.3, -0.25) is 4.79 Å². The molecule has 0 aliphatic heterocycles. The predicted octanol–water partition coefficient (Wildman–Crippen LogP) is 3.62. The normalized spacial score (nSPS) is 10.3. The highest BCUT2D eigenvalue weighted by Gasteiger charge is 2.10. The molecule has 0 saturated heterocycles. The fraction of sp³-hybridized carbons (Fsp3) is 0.0714. The Morgan fingerprint density at radius 1 is 1.26 bits per heavy atom. The maximum atomic E-state index is 13.1. The highest BCUT2D eigenvalue weighted by Crippen LogP contribution is 2.21. The molecule has 0 bridgehead atoms. The van der Waals surface area contributed by atoms with E-state index in [2.05, 4.69) is 5.32 Å². The largest absolute Gasteiger partial charge is 0.397 e. The standard InChI is InChI=1S/C14H12ClFN2O/c1-8-4-9(6-10(15)5-8)14(19)18-13-7-11(16)2-3-12(13)17/h2-7H,17H2,1H3,(H,18,19). The van der Waals surface area contributed by atoms with Crippen molar-refractivity contribution in [3.63, 3.8) is 0 Å². The van der Waals surface area contributed by atoms with E-state index in [4.69, 9.17) is 17.3 Å². The van der Waals surface area contributed by atoms with Crippen LogP contribution in [0, 0.1) is 12.7 Å². The van der Waals surface area contributed by atoms with Gasteiger partial charge in [-0.2, -0.15) is 0 Å². The van der Waals surface area contributed by atoms with Crippen LogP contribution in [0.25, 0.3) is 0 Å². The summed E-state index contributed by atoms with van der Waals surface area (Å²) >= 11 is 5.89. The van der Waals surface area contributed by atoms with Gasteiger partial charge in [-0.15, -0.1) is 0 Å². The van der Waals surface area contributed by atoms with Gasteiger partial charge in [0.25, 0.3) is 5.91 Å². The van der Waals surface area contributed by atoms with Gasteiger partial charge < -0.3 is 11.1 Å². The van der Waals surface area contributed by atoms with Gasteiger partial charge in [0.05, 0.1) is 11.4 Å². The number of hydrogen-bond donors (Lipinski definition) is 2. The average molecular weight is 279 g/mol. The lowest BCUT2D eigenvalue weighted by Crippen LogP contribution is -2.13. The summed E-state index contributed by atoms with van der Waals surface area (Å²) in [5, 5.41) is 3.03. The number of carbonyl (C=O) groups excluding carboxylic acids is 1. The number of hydrogen-bond acceptors (Lipinski definition) is 2. The molecule has 0 aromatic heterocycles. The van der Waals surface area contributed by atoms with E-state index in [0.717, 1.165) is 5.56 Å². The molecule has 2 aromatic rings. The lowest BCUT2D eigenvalue weighted by atomic mass is 10.1. The van der Waals surface area contributed by atoms with Gasteiger partial charge in [-0.25, -0.2) is 4.39 Å². The Hall–Kier alpha value is -2.07. The molecule has 3 N–H and O–H groups in total. The molecular weight excluding hydrogens is 267 g/mol. The van der Waals surface area contributed by atoms with E-state index in [1.165, 1.54) is 18.2 Å². The van der Waals surface area contributed by atoms with Gasteiger partial charge in [0, 0.05) is 10.6 Å². The molecule has 3 nitrogen and oxygen atoms in total. The minimum atomic E-state index is -0.466. The summed E-state index contributed by atoms with van der Waals surface area (Å²) in [7, 11) is 0. The molecule has 0 heterocycles. The van der Waals surface area contributed by atoms with Crippen LogP contribution in [-0.2, 0) is 0 Å². The summed E-state index contributed by atoms with van der Waals surface area (Å²) in [4.78, 5) is 12.0. The summed E-state index contributed by atoms with van der Waals surface area (Å²) in [6, 6.07) is 8.78. The third-order valence-corrected chi connectivity index (χ3v) is 2.79. The van der Waals surface area contributed by atoms with E-state index in [1.807, 2.05) is 6.92 Å². The SMILES string of the molecule is Cc1cc(Cl)cc(C(=O)Nc2cc(F)ccc2N)c1. The number of nitrogens with one attached hydrogen (secondary N) is 1. The molecule has 19 heavy (non-hydrogen) atoms. The third kappa shape index (κ3) is 3.23. The fourth-order valence-electron chi connectivity index (χ4n) is 1.70. The van der Waals surface area contributed by atoms with E-state index in [0.29, 0.717) is 16.3 Å². The first-order valence-corrected chi connectivity index (χ1v) is 5.97. The number of nitrogen functional groups attached to an aromatic ring is 1. The van der Waals surface area contributed by atoms with E-state index >= 15 is 0 Å². The van der Waals surface area contributed by atoms with Gasteiger partial charge in [-0.05, 0) is 48.9 Å². The zero-order valence-electron chi connectivity index (χ0n) is 10.2. The van der Waals surface area contributed by atoms with Crippen molar-refractivity contribution in [2.75, 3.05) is 11.1 Å². The Morgan fingerprint density at radius 3 is 2.68 bits per heavy atom. The average Bonchev–Trinajstić information content (AvgIpc) is 2.32. The molecule has 0 radical (unpaired) electrons. The van der Waals surface area contributed by atoms with Gasteiger partial charge >= 0.3 is 0 Å². The first kappa shape index (κ1) is 13.4. The topological polar surface area (TPSA) is 55.1 Å². The van der Waals surface area contributed by atoms with E-state index in [-0.39, 0.29) is 11.6 Å². The van der Waals surface area contributed by atoms with Crippen molar-refractivity contribution in [3.8, 4) is 0 Å². The number of nitrogens with two attached hydrogens (primary N) is 1. The van der Waals surface area contributed by atoms with Crippen LogP contribution in [0.5, 0.6) is 0 Å². The van der Waals surface area contributed by atoms with E-state index in [1.54, 1.807) is 18.2 Å². The first-order valence-electron chi connectivity index (χ1n) is 5.59. The molecular formula is C14H12ClFN2O. The second-order valence-electron chi connectivity index (χ2n) is 4.20. The third-order valence-electron chi connectivity index (χ3n) is 2.57. The second-order valence-corrected chi connectivity index (χ2v) is 4.64. The molecule has 98 valence electrons. The molecule has 2 aromatic carbocycles. The van der Waals surface area contributed by atoms with Crippen LogP contribution in [-0.4, -0.2) is 5.91 Å². The highest BCUT2D eigenvalue weighted by molar-refractivity contribution is 6.31. The number of rotatable bonds is 2. The van der Waals surface area contributed by atoms with Crippen molar-refractivity contribution in [2.24, 2.45) is 0 Å². The molecule has 0 unspecified atom stereocenters. The second kappa shape index (κ2) is 5.28. The molecule has 0 atom stereocenters. The van der Waals surface area contributed by atoms with Gasteiger partial charge in [-0.1, -0.05) is 11.6 Å². The summed E-state index contributed by atoms with van der Waals surface area (Å²) < 4.78 is 13.1. The molecule has 0 aliphatic rings. The zero-order valence-corrected chi connectivity index (χ0v) is 11.0. The van der Waals surface area contributed by atoms with Crippen LogP contribution in [0.4, 0.5) is 15.8 Å². The number of anilines is 2. The monoisotopic (exact) mass is 278 g/mol. The summed E-state index contributed by atoms with van der Waals surface area (Å²) in [5.41, 5.74) is 7.47. The van der Waals surface area contributed by atoms with Crippen molar-refractivity contribution < 1.29 is 9.18 Å². The molecule has 0 spiro atoms. The lowest BCUT2D eigenvalue weighted by molar-refractivity contribution is 0.102. The summed E-state index contributed by atoms with van der Waals surface area (Å²) in [6.45, 7) is 1.83. The fourth-order valence-corrected chi connectivity index (χ4v) is 1.99. The van der Waals surface area contributed by atoms with Crippen LogP contribution >= 0.6 is 11.6 Å². The molecule has 2 rings (SSSR count). The molecule has 0 aliphatic carbocycles.